The smallest absolute Gasteiger partial charge is 0.293 e. The first-order chi connectivity index (χ1) is 13.5. The summed E-state index contributed by atoms with van der Waals surface area (Å²) < 4.78 is 1.97. The second-order valence-electron chi connectivity index (χ2n) is 7.53. The van der Waals surface area contributed by atoms with Crippen molar-refractivity contribution in [1.82, 2.24) is 9.47 Å². The maximum atomic E-state index is 12.8. The van der Waals surface area contributed by atoms with E-state index in [0.29, 0.717) is 22.4 Å². The molecular formula is C22H23ClN2O2S. The van der Waals surface area contributed by atoms with Crippen LogP contribution in [0, 0.1) is 12.8 Å². The number of hydrogen-bond donors (Lipinski definition) is 0. The van der Waals surface area contributed by atoms with Gasteiger partial charge in [0.05, 0.1) is 4.91 Å². The number of hydrogen-bond acceptors (Lipinski definition) is 3. The third-order valence-electron chi connectivity index (χ3n) is 5.53. The molecule has 4 rings (SSSR count). The average molecular weight is 415 g/mol. The van der Waals surface area contributed by atoms with Crippen molar-refractivity contribution < 1.29 is 9.59 Å². The second kappa shape index (κ2) is 8.18. The predicted molar refractivity (Wildman–Crippen MR) is 115 cm³/mol. The van der Waals surface area contributed by atoms with Crippen LogP contribution < -0.4 is 0 Å². The standard InChI is InChI=1S/C22H23ClN2O2S/c1-15-9-10-18(12-19(15)23)24-11-5-8-17(24)13-20-21(26)25(22(27)28-20)14-16-6-3-2-4-7-16/h5,8-13,16H,2-4,6-7,14H2,1H3/b20-13+. The molecule has 0 bridgehead atoms. The van der Waals surface area contributed by atoms with E-state index in [1.807, 2.05) is 48.0 Å². The molecule has 1 aromatic carbocycles. The van der Waals surface area contributed by atoms with Gasteiger partial charge in [0.25, 0.3) is 11.1 Å². The Balaban J connectivity index is 1.56. The summed E-state index contributed by atoms with van der Waals surface area (Å²) in [4.78, 5) is 27.2. The SMILES string of the molecule is Cc1ccc(-n2cccc2/C=C2/SC(=O)N(CC3CCCCC3)C2=O)cc1Cl. The number of imide groups is 1. The molecule has 1 aliphatic heterocycles. The first-order valence-electron chi connectivity index (χ1n) is 9.72. The number of thioether (sulfide) groups is 1. The van der Waals surface area contributed by atoms with Crippen LogP contribution in [0.1, 0.15) is 43.4 Å². The summed E-state index contributed by atoms with van der Waals surface area (Å²) in [7, 11) is 0. The van der Waals surface area contributed by atoms with Crippen LogP contribution in [0.15, 0.2) is 41.4 Å². The molecule has 0 radical (unpaired) electrons. The van der Waals surface area contributed by atoms with Crippen LogP contribution >= 0.6 is 23.4 Å². The van der Waals surface area contributed by atoms with Crippen molar-refractivity contribution >= 4 is 40.6 Å². The van der Waals surface area contributed by atoms with E-state index in [9.17, 15) is 9.59 Å². The summed E-state index contributed by atoms with van der Waals surface area (Å²) in [5.74, 6) is 0.274. The maximum Gasteiger partial charge on any atom is 0.293 e. The number of rotatable bonds is 4. The molecule has 0 spiro atoms. The monoisotopic (exact) mass is 414 g/mol. The molecule has 1 saturated carbocycles. The van der Waals surface area contributed by atoms with Crippen molar-refractivity contribution in [3.63, 3.8) is 0 Å². The van der Waals surface area contributed by atoms with Gasteiger partial charge in [-0.25, -0.2) is 0 Å². The minimum atomic E-state index is -0.171. The van der Waals surface area contributed by atoms with E-state index in [0.717, 1.165) is 41.5 Å². The van der Waals surface area contributed by atoms with Crippen molar-refractivity contribution in [2.45, 2.75) is 39.0 Å². The normalized spacial score (nSPS) is 19.8. The summed E-state index contributed by atoms with van der Waals surface area (Å²) in [5, 5.41) is 0.545. The summed E-state index contributed by atoms with van der Waals surface area (Å²) in [6, 6.07) is 9.73. The van der Waals surface area contributed by atoms with E-state index in [1.165, 1.54) is 24.2 Å². The Morgan fingerprint density at radius 2 is 1.96 bits per heavy atom. The van der Waals surface area contributed by atoms with E-state index >= 15 is 0 Å². The number of carbonyl (C=O) groups excluding carboxylic acids is 2. The number of amides is 2. The maximum absolute atomic E-state index is 12.8. The fraction of sp³-hybridized carbons (Fsp3) is 0.364. The molecule has 2 heterocycles. The molecule has 0 N–H and O–H groups in total. The van der Waals surface area contributed by atoms with Crippen LogP contribution in [0.3, 0.4) is 0 Å². The van der Waals surface area contributed by atoms with Crippen LogP contribution in [0.25, 0.3) is 11.8 Å². The van der Waals surface area contributed by atoms with E-state index in [2.05, 4.69) is 0 Å². The number of halogens is 1. The van der Waals surface area contributed by atoms with Gasteiger partial charge in [0, 0.05) is 29.1 Å². The van der Waals surface area contributed by atoms with Crippen LogP contribution in [-0.4, -0.2) is 27.2 Å². The van der Waals surface area contributed by atoms with Crippen molar-refractivity contribution in [2.75, 3.05) is 6.54 Å². The highest BCUT2D eigenvalue weighted by Crippen LogP contribution is 2.35. The van der Waals surface area contributed by atoms with Gasteiger partial charge >= 0.3 is 0 Å². The number of aryl methyl sites for hydroxylation is 1. The predicted octanol–water partition coefficient (Wildman–Crippen LogP) is 6.06. The molecule has 28 heavy (non-hydrogen) atoms. The summed E-state index contributed by atoms with van der Waals surface area (Å²) >= 11 is 7.31. The van der Waals surface area contributed by atoms with Gasteiger partial charge in [-0.2, -0.15) is 0 Å². The van der Waals surface area contributed by atoms with E-state index in [1.54, 1.807) is 6.08 Å². The Hall–Kier alpha value is -1.98. The molecule has 1 aromatic heterocycles. The Morgan fingerprint density at radius 1 is 1.18 bits per heavy atom. The van der Waals surface area contributed by atoms with Crippen LogP contribution in [-0.2, 0) is 4.79 Å². The number of nitrogens with zero attached hydrogens (tertiary/aromatic N) is 2. The van der Waals surface area contributed by atoms with Gasteiger partial charge in [-0.3, -0.25) is 14.5 Å². The second-order valence-corrected chi connectivity index (χ2v) is 8.93. The highest BCUT2D eigenvalue weighted by Gasteiger charge is 2.36. The molecule has 0 atom stereocenters. The van der Waals surface area contributed by atoms with Crippen molar-refractivity contribution in [2.24, 2.45) is 5.92 Å². The Bertz CT molecular complexity index is 944. The molecule has 0 unspecified atom stereocenters. The van der Waals surface area contributed by atoms with Crippen LogP contribution in [0.5, 0.6) is 0 Å². The molecule has 1 aliphatic carbocycles. The first kappa shape index (κ1) is 19.3. The molecule has 4 nitrogen and oxygen atoms in total. The van der Waals surface area contributed by atoms with Gasteiger partial charge in [-0.1, -0.05) is 36.9 Å². The van der Waals surface area contributed by atoms with E-state index in [-0.39, 0.29) is 11.1 Å². The minimum Gasteiger partial charge on any atom is -0.317 e. The molecule has 2 aromatic rings. The van der Waals surface area contributed by atoms with Crippen molar-refractivity contribution in [3.05, 3.63) is 57.7 Å². The van der Waals surface area contributed by atoms with Gasteiger partial charge < -0.3 is 4.57 Å². The molecule has 1 saturated heterocycles. The Kier molecular flexibility index (Phi) is 5.65. The zero-order valence-electron chi connectivity index (χ0n) is 15.9. The topological polar surface area (TPSA) is 42.3 Å². The minimum absolute atomic E-state index is 0.154. The van der Waals surface area contributed by atoms with Crippen molar-refractivity contribution in [3.8, 4) is 5.69 Å². The molecule has 146 valence electrons. The lowest BCUT2D eigenvalue weighted by Crippen LogP contribution is -2.34. The third kappa shape index (κ3) is 3.91. The van der Waals surface area contributed by atoms with Crippen LogP contribution in [0.4, 0.5) is 4.79 Å². The fourth-order valence-electron chi connectivity index (χ4n) is 3.90. The molecule has 2 aliphatic rings. The lowest BCUT2D eigenvalue weighted by atomic mass is 9.89. The van der Waals surface area contributed by atoms with Gasteiger partial charge in [-0.05, 0) is 73.4 Å². The summed E-state index contributed by atoms with van der Waals surface area (Å²) in [6.45, 7) is 2.52. The molecular weight excluding hydrogens is 392 g/mol. The quantitative estimate of drug-likeness (QED) is 0.571. The van der Waals surface area contributed by atoms with Gasteiger partial charge in [0.2, 0.25) is 0 Å². The fourth-order valence-corrected chi connectivity index (χ4v) is 4.91. The highest BCUT2D eigenvalue weighted by atomic mass is 35.5. The number of aromatic nitrogens is 1. The highest BCUT2D eigenvalue weighted by molar-refractivity contribution is 8.18. The first-order valence-corrected chi connectivity index (χ1v) is 10.9. The summed E-state index contributed by atoms with van der Waals surface area (Å²) in [5.41, 5.74) is 2.79. The average Bonchev–Trinajstić information content (AvgIpc) is 3.25. The number of carbonyl (C=O) groups is 2. The van der Waals surface area contributed by atoms with Crippen molar-refractivity contribution in [1.29, 1.82) is 0 Å². The third-order valence-corrected chi connectivity index (χ3v) is 6.85. The molecule has 2 fully saturated rings. The zero-order valence-corrected chi connectivity index (χ0v) is 17.4. The van der Waals surface area contributed by atoms with Gasteiger partial charge in [0.1, 0.15) is 0 Å². The number of benzene rings is 1. The largest absolute Gasteiger partial charge is 0.317 e. The lowest BCUT2D eigenvalue weighted by molar-refractivity contribution is -0.123. The molecule has 2 amide bonds. The van der Waals surface area contributed by atoms with Gasteiger partial charge in [-0.15, -0.1) is 0 Å². The van der Waals surface area contributed by atoms with E-state index in [4.69, 9.17) is 11.6 Å². The van der Waals surface area contributed by atoms with Crippen LogP contribution in [0.2, 0.25) is 5.02 Å². The molecule has 6 heteroatoms. The van der Waals surface area contributed by atoms with E-state index < -0.39 is 0 Å². The van der Waals surface area contributed by atoms with Gasteiger partial charge in [0.15, 0.2) is 0 Å². The Morgan fingerprint density at radius 3 is 2.71 bits per heavy atom. The summed E-state index contributed by atoms with van der Waals surface area (Å²) in [6.07, 6.45) is 9.61. The Labute approximate surface area is 174 Å². The lowest BCUT2D eigenvalue weighted by Gasteiger charge is -2.25. The zero-order chi connectivity index (χ0) is 19.7.